The first-order valence-electron chi connectivity index (χ1n) is 6.36. The van der Waals surface area contributed by atoms with Gasteiger partial charge in [-0.2, -0.15) is 0 Å². The highest BCUT2D eigenvalue weighted by Crippen LogP contribution is 2.34. The number of hydrogen-bond acceptors (Lipinski definition) is 2. The van der Waals surface area contributed by atoms with Gasteiger partial charge in [0.2, 0.25) is 0 Å². The SMILES string of the molecule is NCCCC1CCCC1N1CCCC1. The number of rotatable bonds is 4. The second-order valence-electron chi connectivity index (χ2n) is 4.93. The molecule has 1 aliphatic heterocycles. The van der Waals surface area contributed by atoms with Gasteiger partial charge in [0.1, 0.15) is 0 Å². The van der Waals surface area contributed by atoms with Crippen molar-refractivity contribution in [1.82, 2.24) is 4.90 Å². The molecule has 2 fully saturated rings. The van der Waals surface area contributed by atoms with E-state index in [2.05, 4.69) is 4.90 Å². The van der Waals surface area contributed by atoms with E-state index in [0.717, 1.165) is 18.5 Å². The molecule has 1 aliphatic carbocycles. The van der Waals surface area contributed by atoms with Crippen LogP contribution >= 0.6 is 0 Å². The Labute approximate surface area is 87.8 Å². The summed E-state index contributed by atoms with van der Waals surface area (Å²) in [5.74, 6) is 0.969. The summed E-state index contributed by atoms with van der Waals surface area (Å²) in [5.41, 5.74) is 5.59. The van der Waals surface area contributed by atoms with Gasteiger partial charge in [-0.1, -0.05) is 6.42 Å². The minimum atomic E-state index is 0.878. The minimum Gasteiger partial charge on any atom is -0.330 e. The Kier molecular flexibility index (Phi) is 3.82. The molecule has 2 atom stereocenters. The summed E-state index contributed by atoms with van der Waals surface area (Å²) in [6.07, 6.45) is 9.83. The van der Waals surface area contributed by atoms with Gasteiger partial charge in [-0.25, -0.2) is 0 Å². The van der Waals surface area contributed by atoms with Crippen LogP contribution in [0.25, 0.3) is 0 Å². The molecule has 0 aromatic heterocycles. The fraction of sp³-hybridized carbons (Fsp3) is 1.00. The van der Waals surface area contributed by atoms with Crippen LogP contribution in [0.1, 0.15) is 44.9 Å². The number of hydrogen-bond donors (Lipinski definition) is 1. The van der Waals surface area contributed by atoms with E-state index in [9.17, 15) is 0 Å². The van der Waals surface area contributed by atoms with Gasteiger partial charge in [-0.3, -0.25) is 0 Å². The van der Waals surface area contributed by atoms with Crippen molar-refractivity contribution in [3.8, 4) is 0 Å². The molecule has 0 aromatic carbocycles. The molecule has 14 heavy (non-hydrogen) atoms. The van der Waals surface area contributed by atoms with Gasteiger partial charge >= 0.3 is 0 Å². The molecule has 2 aliphatic rings. The minimum absolute atomic E-state index is 0.878. The summed E-state index contributed by atoms with van der Waals surface area (Å²) in [4.78, 5) is 2.74. The summed E-state index contributed by atoms with van der Waals surface area (Å²) in [6, 6.07) is 0.920. The average Bonchev–Trinajstić information content (AvgIpc) is 2.84. The van der Waals surface area contributed by atoms with Crippen molar-refractivity contribution in [2.75, 3.05) is 19.6 Å². The maximum Gasteiger partial charge on any atom is 0.0123 e. The Balaban J connectivity index is 1.82. The summed E-state index contributed by atoms with van der Waals surface area (Å²) in [7, 11) is 0. The van der Waals surface area contributed by atoms with Crippen molar-refractivity contribution in [2.45, 2.75) is 51.0 Å². The molecule has 0 bridgehead atoms. The fourth-order valence-electron chi connectivity index (χ4n) is 3.29. The summed E-state index contributed by atoms with van der Waals surface area (Å²) in [5, 5.41) is 0. The smallest absolute Gasteiger partial charge is 0.0123 e. The van der Waals surface area contributed by atoms with E-state index in [4.69, 9.17) is 5.73 Å². The summed E-state index contributed by atoms with van der Waals surface area (Å²) >= 11 is 0. The molecule has 1 saturated heterocycles. The molecule has 82 valence electrons. The van der Waals surface area contributed by atoms with Gasteiger partial charge in [0, 0.05) is 6.04 Å². The van der Waals surface area contributed by atoms with Crippen molar-refractivity contribution < 1.29 is 0 Å². The number of nitrogens with zero attached hydrogens (tertiary/aromatic N) is 1. The highest BCUT2D eigenvalue weighted by atomic mass is 15.2. The van der Waals surface area contributed by atoms with Crippen molar-refractivity contribution in [3.05, 3.63) is 0 Å². The highest BCUT2D eigenvalue weighted by molar-refractivity contribution is 4.87. The lowest BCUT2D eigenvalue weighted by Gasteiger charge is -2.29. The normalized spacial score (nSPS) is 34.1. The predicted molar refractivity (Wildman–Crippen MR) is 60.2 cm³/mol. The van der Waals surface area contributed by atoms with Gasteiger partial charge < -0.3 is 10.6 Å². The Hall–Kier alpha value is -0.0800. The predicted octanol–water partition coefficient (Wildman–Crippen LogP) is 1.99. The lowest BCUT2D eigenvalue weighted by atomic mass is 9.96. The molecule has 2 rings (SSSR count). The van der Waals surface area contributed by atoms with E-state index >= 15 is 0 Å². The summed E-state index contributed by atoms with van der Waals surface area (Å²) < 4.78 is 0. The maximum atomic E-state index is 5.59. The Morgan fingerprint density at radius 3 is 2.57 bits per heavy atom. The molecule has 1 heterocycles. The number of likely N-dealkylation sites (tertiary alicyclic amines) is 1. The molecule has 0 aromatic rings. The zero-order chi connectivity index (χ0) is 9.80. The third-order valence-corrected chi connectivity index (χ3v) is 4.01. The lowest BCUT2D eigenvalue weighted by molar-refractivity contribution is 0.189. The molecule has 2 nitrogen and oxygen atoms in total. The molecule has 0 radical (unpaired) electrons. The Morgan fingerprint density at radius 1 is 1.07 bits per heavy atom. The van der Waals surface area contributed by atoms with Gasteiger partial charge in [0.25, 0.3) is 0 Å². The second kappa shape index (κ2) is 5.13. The maximum absolute atomic E-state index is 5.59. The monoisotopic (exact) mass is 196 g/mol. The van der Waals surface area contributed by atoms with Crippen molar-refractivity contribution >= 4 is 0 Å². The molecule has 2 N–H and O–H groups in total. The van der Waals surface area contributed by atoms with Gasteiger partial charge in [-0.15, -0.1) is 0 Å². The topological polar surface area (TPSA) is 29.3 Å². The lowest BCUT2D eigenvalue weighted by Crippen LogP contribution is -2.35. The van der Waals surface area contributed by atoms with E-state index in [-0.39, 0.29) is 0 Å². The first kappa shape index (κ1) is 10.4. The van der Waals surface area contributed by atoms with E-state index in [0.29, 0.717) is 0 Å². The third-order valence-electron chi connectivity index (χ3n) is 4.01. The molecular weight excluding hydrogens is 172 g/mol. The van der Waals surface area contributed by atoms with Crippen LogP contribution in [0.3, 0.4) is 0 Å². The Morgan fingerprint density at radius 2 is 1.86 bits per heavy atom. The summed E-state index contributed by atoms with van der Waals surface area (Å²) in [6.45, 7) is 3.61. The molecule has 0 amide bonds. The van der Waals surface area contributed by atoms with E-state index in [1.165, 1.54) is 58.0 Å². The van der Waals surface area contributed by atoms with Crippen molar-refractivity contribution in [3.63, 3.8) is 0 Å². The van der Waals surface area contributed by atoms with Crippen molar-refractivity contribution in [2.24, 2.45) is 11.7 Å². The van der Waals surface area contributed by atoms with Crippen LogP contribution in [0.4, 0.5) is 0 Å². The zero-order valence-corrected chi connectivity index (χ0v) is 9.25. The molecular formula is C12H24N2. The third kappa shape index (κ3) is 2.29. The van der Waals surface area contributed by atoms with Crippen LogP contribution in [-0.2, 0) is 0 Å². The molecule has 2 heteroatoms. The van der Waals surface area contributed by atoms with Crippen LogP contribution < -0.4 is 5.73 Å². The second-order valence-corrected chi connectivity index (χ2v) is 4.93. The number of nitrogens with two attached hydrogens (primary N) is 1. The van der Waals surface area contributed by atoms with Crippen molar-refractivity contribution in [1.29, 1.82) is 0 Å². The van der Waals surface area contributed by atoms with E-state index in [1.54, 1.807) is 0 Å². The fourth-order valence-corrected chi connectivity index (χ4v) is 3.29. The van der Waals surface area contributed by atoms with Gasteiger partial charge in [0.15, 0.2) is 0 Å². The average molecular weight is 196 g/mol. The Bertz CT molecular complexity index is 164. The quantitative estimate of drug-likeness (QED) is 0.745. The zero-order valence-electron chi connectivity index (χ0n) is 9.25. The highest BCUT2D eigenvalue weighted by Gasteiger charge is 2.32. The largest absolute Gasteiger partial charge is 0.330 e. The van der Waals surface area contributed by atoms with Crippen LogP contribution in [-0.4, -0.2) is 30.6 Å². The molecule has 2 unspecified atom stereocenters. The van der Waals surface area contributed by atoms with Crippen LogP contribution in [0.2, 0.25) is 0 Å². The standard InChI is InChI=1S/C12H24N2/c13-8-4-6-11-5-3-7-12(11)14-9-1-2-10-14/h11-12H,1-10,13H2. The van der Waals surface area contributed by atoms with Gasteiger partial charge in [-0.05, 0) is 64.1 Å². The van der Waals surface area contributed by atoms with Crippen LogP contribution in [0.5, 0.6) is 0 Å². The van der Waals surface area contributed by atoms with Crippen LogP contribution in [0, 0.1) is 5.92 Å². The first-order valence-corrected chi connectivity index (χ1v) is 6.36. The van der Waals surface area contributed by atoms with Gasteiger partial charge in [0.05, 0.1) is 0 Å². The molecule has 1 saturated carbocycles. The van der Waals surface area contributed by atoms with Crippen LogP contribution in [0.15, 0.2) is 0 Å². The molecule has 0 spiro atoms. The van der Waals surface area contributed by atoms with E-state index in [1.807, 2.05) is 0 Å². The first-order chi connectivity index (χ1) is 6.92. The van der Waals surface area contributed by atoms with E-state index < -0.39 is 0 Å².